The SMILES string of the molecule is Cc1ccc(N(C)C(=O)c2cccc(Br)c2Cl)cc1. The molecule has 19 heavy (non-hydrogen) atoms. The highest BCUT2D eigenvalue weighted by Gasteiger charge is 2.17. The standard InChI is InChI=1S/C15H13BrClNO/c1-10-6-8-11(9-7-10)18(2)15(19)12-4-3-5-13(16)14(12)17/h3-9H,1-2H3. The maximum absolute atomic E-state index is 12.4. The minimum Gasteiger partial charge on any atom is -0.311 e. The number of anilines is 1. The molecule has 0 aromatic heterocycles. The number of nitrogens with zero attached hydrogens (tertiary/aromatic N) is 1. The smallest absolute Gasteiger partial charge is 0.259 e. The van der Waals surface area contributed by atoms with Gasteiger partial charge in [0.05, 0.1) is 10.6 Å². The highest BCUT2D eigenvalue weighted by molar-refractivity contribution is 9.10. The van der Waals surface area contributed by atoms with Gasteiger partial charge in [-0.25, -0.2) is 0 Å². The fraction of sp³-hybridized carbons (Fsp3) is 0.133. The minimum atomic E-state index is -0.129. The van der Waals surface area contributed by atoms with Crippen molar-refractivity contribution in [2.45, 2.75) is 6.92 Å². The molecule has 98 valence electrons. The molecule has 0 spiro atoms. The van der Waals surface area contributed by atoms with Gasteiger partial charge in [0, 0.05) is 17.2 Å². The van der Waals surface area contributed by atoms with Gasteiger partial charge in [-0.05, 0) is 47.1 Å². The number of carbonyl (C=O) groups excluding carboxylic acids is 1. The lowest BCUT2D eigenvalue weighted by molar-refractivity contribution is 0.0993. The Kier molecular flexibility index (Phi) is 4.27. The van der Waals surface area contributed by atoms with Crippen LogP contribution in [0.3, 0.4) is 0 Å². The Labute approximate surface area is 126 Å². The van der Waals surface area contributed by atoms with Gasteiger partial charge in [0.15, 0.2) is 0 Å². The maximum atomic E-state index is 12.4. The molecule has 2 rings (SSSR count). The van der Waals surface area contributed by atoms with Gasteiger partial charge in [0.2, 0.25) is 0 Å². The fourth-order valence-corrected chi connectivity index (χ4v) is 2.31. The number of benzene rings is 2. The van der Waals surface area contributed by atoms with Crippen LogP contribution in [-0.2, 0) is 0 Å². The van der Waals surface area contributed by atoms with Gasteiger partial charge in [-0.1, -0.05) is 35.4 Å². The number of carbonyl (C=O) groups is 1. The zero-order chi connectivity index (χ0) is 14.0. The monoisotopic (exact) mass is 337 g/mol. The molecule has 0 saturated carbocycles. The van der Waals surface area contributed by atoms with Crippen molar-refractivity contribution in [1.82, 2.24) is 0 Å². The first-order valence-electron chi connectivity index (χ1n) is 5.79. The van der Waals surface area contributed by atoms with E-state index in [1.165, 1.54) is 0 Å². The van der Waals surface area contributed by atoms with Crippen LogP contribution in [0, 0.1) is 6.92 Å². The predicted molar refractivity (Wildman–Crippen MR) is 83.1 cm³/mol. The number of halogens is 2. The summed E-state index contributed by atoms with van der Waals surface area (Å²) in [4.78, 5) is 14.0. The van der Waals surface area contributed by atoms with Crippen molar-refractivity contribution >= 4 is 39.1 Å². The zero-order valence-corrected chi connectivity index (χ0v) is 13.0. The highest BCUT2D eigenvalue weighted by atomic mass is 79.9. The first-order valence-corrected chi connectivity index (χ1v) is 6.96. The second-order valence-electron chi connectivity index (χ2n) is 4.30. The van der Waals surface area contributed by atoms with Crippen LogP contribution in [0.5, 0.6) is 0 Å². The molecule has 2 aromatic rings. The molecule has 0 aliphatic heterocycles. The Bertz CT molecular complexity index is 610. The van der Waals surface area contributed by atoms with Crippen LogP contribution in [0.4, 0.5) is 5.69 Å². The van der Waals surface area contributed by atoms with Crippen LogP contribution < -0.4 is 4.90 Å². The van der Waals surface area contributed by atoms with E-state index < -0.39 is 0 Å². The molecule has 4 heteroatoms. The summed E-state index contributed by atoms with van der Waals surface area (Å²) >= 11 is 9.48. The van der Waals surface area contributed by atoms with E-state index >= 15 is 0 Å². The molecular weight excluding hydrogens is 326 g/mol. The van der Waals surface area contributed by atoms with Crippen molar-refractivity contribution in [3.63, 3.8) is 0 Å². The highest BCUT2D eigenvalue weighted by Crippen LogP contribution is 2.28. The van der Waals surface area contributed by atoms with Crippen molar-refractivity contribution < 1.29 is 4.79 Å². The molecule has 0 atom stereocenters. The first kappa shape index (κ1) is 14.1. The molecule has 2 nitrogen and oxygen atoms in total. The van der Waals surface area contributed by atoms with Gasteiger partial charge in [-0.3, -0.25) is 4.79 Å². The second-order valence-corrected chi connectivity index (χ2v) is 5.53. The Balaban J connectivity index is 2.33. The molecule has 0 radical (unpaired) electrons. The lowest BCUT2D eigenvalue weighted by Crippen LogP contribution is -2.26. The van der Waals surface area contributed by atoms with Crippen LogP contribution in [0.15, 0.2) is 46.9 Å². The summed E-state index contributed by atoms with van der Waals surface area (Å²) in [7, 11) is 1.74. The third-order valence-electron chi connectivity index (χ3n) is 2.91. The average molecular weight is 339 g/mol. The molecule has 0 unspecified atom stereocenters. The molecule has 0 aliphatic rings. The van der Waals surface area contributed by atoms with E-state index in [1.54, 1.807) is 24.1 Å². The molecule has 0 saturated heterocycles. The number of amides is 1. The molecule has 1 amide bonds. The number of aryl methyl sites for hydroxylation is 1. The summed E-state index contributed by atoms with van der Waals surface area (Å²) in [5, 5.41) is 0.437. The van der Waals surface area contributed by atoms with Crippen molar-refractivity contribution in [3.8, 4) is 0 Å². The Morgan fingerprint density at radius 2 is 1.79 bits per heavy atom. The third kappa shape index (κ3) is 2.99. The molecule has 0 N–H and O–H groups in total. The van der Waals surface area contributed by atoms with Crippen molar-refractivity contribution in [3.05, 3.63) is 63.1 Å². The topological polar surface area (TPSA) is 20.3 Å². The number of hydrogen-bond acceptors (Lipinski definition) is 1. The van der Waals surface area contributed by atoms with E-state index in [9.17, 15) is 4.79 Å². The van der Waals surface area contributed by atoms with Crippen molar-refractivity contribution in [1.29, 1.82) is 0 Å². The number of hydrogen-bond donors (Lipinski definition) is 0. The molecule has 2 aromatic carbocycles. The van der Waals surface area contributed by atoms with E-state index in [0.717, 1.165) is 15.7 Å². The van der Waals surface area contributed by atoms with Crippen LogP contribution in [0.25, 0.3) is 0 Å². The van der Waals surface area contributed by atoms with E-state index in [1.807, 2.05) is 37.3 Å². The second kappa shape index (κ2) is 5.76. The van der Waals surface area contributed by atoms with Crippen LogP contribution in [0.2, 0.25) is 5.02 Å². The Morgan fingerprint density at radius 1 is 1.16 bits per heavy atom. The van der Waals surface area contributed by atoms with E-state index in [0.29, 0.717) is 10.6 Å². The summed E-state index contributed by atoms with van der Waals surface area (Å²) < 4.78 is 0.720. The number of rotatable bonds is 2. The largest absolute Gasteiger partial charge is 0.311 e. The van der Waals surface area contributed by atoms with Crippen LogP contribution in [0.1, 0.15) is 15.9 Å². The van der Waals surface area contributed by atoms with Crippen LogP contribution in [-0.4, -0.2) is 13.0 Å². The third-order valence-corrected chi connectivity index (χ3v) is 4.20. The minimum absolute atomic E-state index is 0.129. The Morgan fingerprint density at radius 3 is 2.42 bits per heavy atom. The summed E-state index contributed by atoms with van der Waals surface area (Å²) in [5.41, 5.74) is 2.48. The fourth-order valence-electron chi connectivity index (χ4n) is 1.74. The van der Waals surface area contributed by atoms with E-state index in [2.05, 4.69) is 15.9 Å². The van der Waals surface area contributed by atoms with E-state index in [4.69, 9.17) is 11.6 Å². The summed E-state index contributed by atoms with van der Waals surface area (Å²) in [6.07, 6.45) is 0. The summed E-state index contributed by atoms with van der Waals surface area (Å²) in [5.74, 6) is -0.129. The van der Waals surface area contributed by atoms with Gasteiger partial charge < -0.3 is 4.90 Å². The van der Waals surface area contributed by atoms with E-state index in [-0.39, 0.29) is 5.91 Å². The molecule has 0 fully saturated rings. The average Bonchev–Trinajstić information content (AvgIpc) is 2.41. The van der Waals surface area contributed by atoms with Gasteiger partial charge in [0.25, 0.3) is 5.91 Å². The quantitative estimate of drug-likeness (QED) is 0.778. The Hall–Kier alpha value is -1.32. The molecule has 0 heterocycles. The van der Waals surface area contributed by atoms with Gasteiger partial charge in [0.1, 0.15) is 0 Å². The molecular formula is C15H13BrClNO. The zero-order valence-electron chi connectivity index (χ0n) is 10.7. The maximum Gasteiger partial charge on any atom is 0.259 e. The normalized spacial score (nSPS) is 10.3. The van der Waals surface area contributed by atoms with Crippen LogP contribution >= 0.6 is 27.5 Å². The van der Waals surface area contributed by atoms with Gasteiger partial charge in [-0.2, -0.15) is 0 Å². The summed E-state index contributed by atoms with van der Waals surface area (Å²) in [6.45, 7) is 2.01. The van der Waals surface area contributed by atoms with Crippen molar-refractivity contribution in [2.24, 2.45) is 0 Å². The van der Waals surface area contributed by atoms with Gasteiger partial charge in [-0.15, -0.1) is 0 Å². The van der Waals surface area contributed by atoms with Gasteiger partial charge >= 0.3 is 0 Å². The molecule has 0 aliphatic carbocycles. The lowest BCUT2D eigenvalue weighted by atomic mass is 10.1. The lowest BCUT2D eigenvalue weighted by Gasteiger charge is -2.18. The predicted octanol–water partition coefficient (Wildman–Crippen LogP) is 4.69. The first-order chi connectivity index (χ1) is 9.00. The molecule has 0 bridgehead atoms. The van der Waals surface area contributed by atoms with Crippen molar-refractivity contribution in [2.75, 3.05) is 11.9 Å². The summed E-state index contributed by atoms with van der Waals surface area (Å²) in [6, 6.07) is 13.1.